The maximum atomic E-state index is 12.2. The summed E-state index contributed by atoms with van der Waals surface area (Å²) in [6.45, 7) is 8.28. The average Bonchev–Trinajstić information content (AvgIpc) is 3.01. The largest absolute Gasteiger partial charge is 0.493 e. The monoisotopic (exact) mass is 404 g/mol. The van der Waals surface area contributed by atoms with E-state index in [9.17, 15) is 9.59 Å². The first-order valence-electron chi connectivity index (χ1n) is 9.48. The maximum absolute atomic E-state index is 12.2. The van der Waals surface area contributed by atoms with Gasteiger partial charge in [0, 0.05) is 6.54 Å². The molecule has 1 N–H and O–H groups in total. The molecule has 2 rings (SSSR count). The van der Waals surface area contributed by atoms with E-state index in [1.807, 2.05) is 13.8 Å². The van der Waals surface area contributed by atoms with Gasteiger partial charge in [-0.3, -0.25) is 4.79 Å². The predicted molar refractivity (Wildman–Crippen MR) is 106 cm³/mol. The van der Waals surface area contributed by atoms with Crippen molar-refractivity contribution in [2.24, 2.45) is 5.92 Å². The number of benzene rings is 1. The second-order valence-corrected chi connectivity index (χ2v) is 7.07. The first kappa shape index (κ1) is 22.3. The minimum Gasteiger partial charge on any atom is -0.493 e. The third kappa shape index (κ3) is 6.51. The Balaban J connectivity index is 1.93. The van der Waals surface area contributed by atoms with E-state index in [2.05, 4.69) is 24.3 Å². The first-order chi connectivity index (χ1) is 13.8. The van der Waals surface area contributed by atoms with Crippen LogP contribution in [0.4, 0.5) is 0 Å². The number of hydrogen-bond acceptors (Lipinski definition) is 7. The summed E-state index contributed by atoms with van der Waals surface area (Å²) in [7, 11) is 1.48. The van der Waals surface area contributed by atoms with E-state index in [1.165, 1.54) is 13.2 Å². The lowest BCUT2D eigenvalue weighted by atomic mass is 10.1. The van der Waals surface area contributed by atoms with Gasteiger partial charge in [0.1, 0.15) is 12.4 Å². The molecule has 0 aliphatic rings. The van der Waals surface area contributed by atoms with Gasteiger partial charge in [0.05, 0.1) is 23.9 Å². The number of hydrogen-bond donors (Lipinski definition) is 1. The number of nitrogens with one attached hydrogen (secondary N) is 1. The highest BCUT2D eigenvalue weighted by Gasteiger charge is 2.16. The van der Waals surface area contributed by atoms with E-state index in [1.54, 1.807) is 12.1 Å². The Bertz CT molecular complexity index is 824. The molecule has 0 fully saturated rings. The molecule has 0 saturated carbocycles. The van der Waals surface area contributed by atoms with Gasteiger partial charge in [0.2, 0.25) is 0 Å². The minimum absolute atomic E-state index is 0.262. The standard InChI is InChI=1S/C21H28N2O6/c1-13(2)8-9-22-20(24)12-28-21(25)16-6-7-18(19(10-16)26-5)27-11-17-14(3)23-29-15(17)4/h6-7,10,13H,8-9,11-12H2,1-5H3,(H,22,24). The predicted octanol–water partition coefficient (Wildman–Crippen LogP) is 3.20. The highest BCUT2D eigenvalue weighted by Crippen LogP contribution is 2.29. The van der Waals surface area contributed by atoms with Gasteiger partial charge in [0.15, 0.2) is 18.1 Å². The lowest BCUT2D eigenvalue weighted by molar-refractivity contribution is -0.124. The summed E-state index contributed by atoms with van der Waals surface area (Å²) in [6.07, 6.45) is 0.867. The third-order valence-corrected chi connectivity index (χ3v) is 4.33. The van der Waals surface area contributed by atoms with Crippen molar-refractivity contribution in [3.05, 3.63) is 40.8 Å². The fourth-order valence-corrected chi connectivity index (χ4v) is 2.54. The molecule has 2 aromatic rings. The van der Waals surface area contributed by atoms with Crippen LogP contribution in [-0.2, 0) is 16.1 Å². The van der Waals surface area contributed by atoms with Gasteiger partial charge in [-0.05, 0) is 44.4 Å². The molecule has 0 saturated heterocycles. The molecule has 29 heavy (non-hydrogen) atoms. The summed E-state index contributed by atoms with van der Waals surface area (Å²) in [4.78, 5) is 24.0. The number of rotatable bonds is 10. The molecule has 1 amide bonds. The summed E-state index contributed by atoms with van der Waals surface area (Å²) < 4.78 is 21.3. The van der Waals surface area contributed by atoms with Crippen LogP contribution in [0, 0.1) is 19.8 Å². The molecular formula is C21H28N2O6. The molecular weight excluding hydrogens is 376 g/mol. The Kier molecular flexibility index (Phi) is 8.06. The van der Waals surface area contributed by atoms with Gasteiger partial charge >= 0.3 is 5.97 Å². The summed E-state index contributed by atoms with van der Waals surface area (Å²) >= 11 is 0. The zero-order chi connectivity index (χ0) is 21.4. The zero-order valence-corrected chi connectivity index (χ0v) is 17.5. The van der Waals surface area contributed by atoms with Crippen LogP contribution in [0.2, 0.25) is 0 Å². The van der Waals surface area contributed by atoms with Crippen molar-refractivity contribution in [2.75, 3.05) is 20.3 Å². The van der Waals surface area contributed by atoms with Gasteiger partial charge in [-0.1, -0.05) is 19.0 Å². The highest BCUT2D eigenvalue weighted by atomic mass is 16.5. The molecule has 0 spiro atoms. The van der Waals surface area contributed by atoms with Crippen LogP contribution in [0.15, 0.2) is 22.7 Å². The van der Waals surface area contributed by atoms with Gasteiger partial charge in [-0.2, -0.15) is 0 Å². The second-order valence-electron chi connectivity index (χ2n) is 7.07. The minimum atomic E-state index is -0.611. The van der Waals surface area contributed by atoms with Gasteiger partial charge in [0.25, 0.3) is 5.91 Å². The number of amides is 1. The Labute approximate surface area is 170 Å². The number of aromatic nitrogens is 1. The van der Waals surface area contributed by atoms with Gasteiger partial charge in [-0.25, -0.2) is 4.79 Å². The van der Waals surface area contributed by atoms with Crippen LogP contribution in [0.5, 0.6) is 11.5 Å². The molecule has 8 heteroatoms. The lowest BCUT2D eigenvalue weighted by Crippen LogP contribution is -2.30. The van der Waals surface area contributed by atoms with E-state index in [4.69, 9.17) is 18.7 Å². The number of ether oxygens (including phenoxy) is 3. The Hall–Kier alpha value is -3.03. The van der Waals surface area contributed by atoms with Crippen molar-refractivity contribution >= 4 is 11.9 Å². The molecule has 0 aliphatic heterocycles. The van der Waals surface area contributed by atoms with Crippen molar-refractivity contribution in [3.8, 4) is 11.5 Å². The van der Waals surface area contributed by atoms with E-state index < -0.39 is 5.97 Å². The van der Waals surface area contributed by atoms with Crippen molar-refractivity contribution < 1.29 is 28.3 Å². The molecule has 1 aromatic heterocycles. The Morgan fingerprint density at radius 3 is 2.59 bits per heavy atom. The molecule has 1 aromatic carbocycles. The molecule has 0 unspecified atom stereocenters. The highest BCUT2D eigenvalue weighted by molar-refractivity contribution is 5.92. The SMILES string of the molecule is COc1cc(C(=O)OCC(=O)NCCC(C)C)ccc1OCc1c(C)noc1C. The maximum Gasteiger partial charge on any atom is 0.338 e. The molecule has 8 nitrogen and oxygen atoms in total. The second kappa shape index (κ2) is 10.5. The van der Waals surface area contributed by atoms with Crippen molar-refractivity contribution in [1.82, 2.24) is 10.5 Å². The van der Waals surface area contributed by atoms with Crippen LogP contribution in [-0.4, -0.2) is 37.3 Å². The summed E-state index contributed by atoms with van der Waals surface area (Å²) in [5.74, 6) is 1.09. The van der Waals surface area contributed by atoms with Crippen LogP contribution in [0.25, 0.3) is 0 Å². The number of carbonyl (C=O) groups is 2. The molecule has 1 heterocycles. The van der Waals surface area contributed by atoms with Crippen molar-refractivity contribution in [3.63, 3.8) is 0 Å². The summed E-state index contributed by atoms with van der Waals surface area (Å²) in [5.41, 5.74) is 1.88. The number of nitrogens with zero attached hydrogens (tertiary/aromatic N) is 1. The zero-order valence-electron chi connectivity index (χ0n) is 17.5. The smallest absolute Gasteiger partial charge is 0.338 e. The van der Waals surface area contributed by atoms with Crippen molar-refractivity contribution in [2.45, 2.75) is 40.7 Å². The van der Waals surface area contributed by atoms with Crippen LogP contribution >= 0.6 is 0 Å². The normalized spacial score (nSPS) is 10.7. The quantitative estimate of drug-likeness (QED) is 0.607. The lowest BCUT2D eigenvalue weighted by Gasteiger charge is -2.12. The topological polar surface area (TPSA) is 99.9 Å². The number of aryl methyl sites for hydroxylation is 2. The fourth-order valence-electron chi connectivity index (χ4n) is 2.54. The number of esters is 1. The van der Waals surface area contributed by atoms with Crippen LogP contribution < -0.4 is 14.8 Å². The molecule has 0 bridgehead atoms. The third-order valence-electron chi connectivity index (χ3n) is 4.33. The van der Waals surface area contributed by atoms with Gasteiger partial charge < -0.3 is 24.1 Å². The molecule has 0 atom stereocenters. The Morgan fingerprint density at radius 2 is 1.97 bits per heavy atom. The average molecular weight is 404 g/mol. The summed E-state index contributed by atoms with van der Waals surface area (Å²) in [6, 6.07) is 4.70. The van der Waals surface area contributed by atoms with Crippen LogP contribution in [0.3, 0.4) is 0 Å². The fraction of sp³-hybridized carbons (Fsp3) is 0.476. The van der Waals surface area contributed by atoms with Crippen molar-refractivity contribution in [1.29, 1.82) is 0 Å². The molecule has 0 aliphatic carbocycles. The van der Waals surface area contributed by atoms with Crippen LogP contribution in [0.1, 0.15) is 47.6 Å². The van der Waals surface area contributed by atoms with E-state index in [0.29, 0.717) is 29.7 Å². The summed E-state index contributed by atoms with van der Waals surface area (Å²) in [5, 5.41) is 6.61. The number of methoxy groups -OCH3 is 1. The number of carbonyl (C=O) groups excluding carboxylic acids is 2. The molecule has 158 valence electrons. The van der Waals surface area contributed by atoms with Gasteiger partial charge in [-0.15, -0.1) is 0 Å². The van der Waals surface area contributed by atoms with E-state index in [-0.39, 0.29) is 24.7 Å². The Morgan fingerprint density at radius 1 is 1.21 bits per heavy atom. The first-order valence-corrected chi connectivity index (χ1v) is 9.48. The molecule has 0 radical (unpaired) electrons. The van der Waals surface area contributed by atoms with E-state index >= 15 is 0 Å². The van der Waals surface area contributed by atoms with E-state index in [0.717, 1.165) is 17.7 Å².